The van der Waals surface area contributed by atoms with Gasteiger partial charge in [-0.2, -0.15) is 0 Å². The van der Waals surface area contributed by atoms with E-state index in [0.29, 0.717) is 18.9 Å². The Hall–Kier alpha value is -2.16. The molecule has 2 rings (SSSR count). The summed E-state index contributed by atoms with van der Waals surface area (Å²) in [5, 5.41) is 0. The van der Waals surface area contributed by atoms with Gasteiger partial charge in [-0.3, -0.25) is 9.59 Å². The number of rotatable bonds is 8. The van der Waals surface area contributed by atoms with Crippen molar-refractivity contribution in [1.29, 1.82) is 0 Å². The van der Waals surface area contributed by atoms with Crippen molar-refractivity contribution in [3.8, 4) is 0 Å². The van der Waals surface area contributed by atoms with Crippen LogP contribution in [0.3, 0.4) is 0 Å². The normalized spacial score (nSPS) is 14.0. The van der Waals surface area contributed by atoms with Gasteiger partial charge in [-0.15, -0.1) is 0 Å². The molecule has 1 aliphatic carbocycles. The summed E-state index contributed by atoms with van der Waals surface area (Å²) in [6, 6.07) is 7.91. The van der Waals surface area contributed by atoms with Gasteiger partial charge in [-0.25, -0.2) is 0 Å². The van der Waals surface area contributed by atoms with Gasteiger partial charge in [-0.1, -0.05) is 49.9 Å². The molecule has 0 unspecified atom stereocenters. The molecule has 1 aromatic rings. The summed E-state index contributed by atoms with van der Waals surface area (Å²) >= 11 is 0. The van der Waals surface area contributed by atoms with E-state index in [0.717, 1.165) is 11.1 Å². The summed E-state index contributed by atoms with van der Waals surface area (Å²) in [6.07, 6.45) is 11.5. The van der Waals surface area contributed by atoms with Crippen LogP contribution in [0.4, 0.5) is 0 Å². The molecule has 0 aromatic heterocycles. The minimum Gasteiger partial charge on any atom is -0.499 e. The molecule has 0 spiro atoms. The topological polar surface area (TPSA) is 43.4 Å². The smallest absolute Gasteiger partial charge is 0.140 e. The number of hydrogen-bond acceptors (Lipinski definition) is 3. The third-order valence-corrected chi connectivity index (χ3v) is 4.19. The van der Waals surface area contributed by atoms with E-state index in [1.807, 2.05) is 24.3 Å². The Morgan fingerprint density at radius 1 is 1.12 bits per heavy atom. The molecule has 1 aromatic carbocycles. The van der Waals surface area contributed by atoms with Gasteiger partial charge in [0, 0.05) is 6.42 Å². The molecule has 1 aliphatic rings. The lowest BCUT2D eigenvalue weighted by Crippen LogP contribution is -2.13. The highest BCUT2D eigenvalue weighted by Gasteiger charge is 2.11. The summed E-state index contributed by atoms with van der Waals surface area (Å²) in [4.78, 5) is 22.0. The van der Waals surface area contributed by atoms with Crippen molar-refractivity contribution >= 4 is 17.6 Å². The maximum atomic E-state index is 11.3. The third kappa shape index (κ3) is 9.65. The van der Waals surface area contributed by atoms with Crippen molar-refractivity contribution in [1.82, 2.24) is 0 Å². The predicted molar refractivity (Wildman–Crippen MR) is 103 cm³/mol. The van der Waals surface area contributed by atoms with Crippen LogP contribution in [0.5, 0.6) is 0 Å². The summed E-state index contributed by atoms with van der Waals surface area (Å²) in [5.41, 5.74) is 2.18. The molecule has 136 valence electrons. The van der Waals surface area contributed by atoms with Gasteiger partial charge in [0.15, 0.2) is 0 Å². The molecule has 0 amide bonds. The Kier molecular flexibility index (Phi) is 10.2. The Balaban J connectivity index is 0.000000293. The second kappa shape index (κ2) is 12.2. The Morgan fingerprint density at radius 3 is 2.28 bits per heavy atom. The van der Waals surface area contributed by atoms with Crippen LogP contribution in [-0.2, 0) is 20.7 Å². The van der Waals surface area contributed by atoms with Crippen LogP contribution >= 0.6 is 0 Å². The Labute approximate surface area is 151 Å². The van der Waals surface area contributed by atoms with Gasteiger partial charge in [0.1, 0.15) is 11.6 Å². The van der Waals surface area contributed by atoms with Gasteiger partial charge in [0.05, 0.1) is 18.8 Å². The highest BCUT2D eigenvalue weighted by molar-refractivity contribution is 5.97. The maximum Gasteiger partial charge on any atom is 0.140 e. The van der Waals surface area contributed by atoms with E-state index >= 15 is 0 Å². The number of Topliss-reactive ketones (excluding diaryl/α,β-unsaturated/α-hetero) is 2. The molecule has 0 radical (unpaired) electrons. The lowest BCUT2D eigenvalue weighted by molar-refractivity contribution is -0.125. The first-order valence-corrected chi connectivity index (χ1v) is 9.04. The average Bonchev–Trinajstić information content (AvgIpc) is 2.62. The average molecular weight is 342 g/mol. The van der Waals surface area contributed by atoms with Crippen molar-refractivity contribution in [2.24, 2.45) is 0 Å². The number of ketones is 2. The molecule has 0 aliphatic heterocycles. The minimum atomic E-state index is -0.0630. The van der Waals surface area contributed by atoms with Crippen molar-refractivity contribution in [2.75, 3.05) is 0 Å². The van der Waals surface area contributed by atoms with Crippen molar-refractivity contribution < 1.29 is 14.3 Å². The van der Waals surface area contributed by atoms with Crippen molar-refractivity contribution in [3.05, 3.63) is 54.8 Å². The van der Waals surface area contributed by atoms with E-state index in [-0.39, 0.29) is 18.0 Å². The van der Waals surface area contributed by atoms with Gasteiger partial charge in [-0.05, 0) is 50.2 Å². The van der Waals surface area contributed by atoms with Gasteiger partial charge in [0.2, 0.25) is 0 Å². The Morgan fingerprint density at radius 2 is 1.76 bits per heavy atom. The molecule has 0 atom stereocenters. The van der Waals surface area contributed by atoms with Crippen LogP contribution in [0.25, 0.3) is 6.08 Å². The van der Waals surface area contributed by atoms with Gasteiger partial charge in [0.25, 0.3) is 0 Å². The van der Waals surface area contributed by atoms with Gasteiger partial charge >= 0.3 is 0 Å². The summed E-state index contributed by atoms with van der Waals surface area (Å²) in [7, 11) is 0. The SMILES string of the molecule is C=COC1CCCCC1.C=Cc1ccc(CCC(=O)CC(C)=O)cc1. The lowest BCUT2D eigenvalue weighted by Gasteiger charge is -2.20. The molecule has 0 bridgehead atoms. The summed E-state index contributed by atoms with van der Waals surface area (Å²) < 4.78 is 5.25. The molecule has 3 nitrogen and oxygen atoms in total. The van der Waals surface area contributed by atoms with E-state index in [1.54, 1.807) is 12.3 Å². The number of aryl methyl sites for hydroxylation is 1. The second-order valence-electron chi connectivity index (χ2n) is 6.43. The highest BCUT2D eigenvalue weighted by Crippen LogP contribution is 2.19. The zero-order chi connectivity index (χ0) is 18.5. The molecular weight excluding hydrogens is 312 g/mol. The largest absolute Gasteiger partial charge is 0.499 e. The van der Waals surface area contributed by atoms with E-state index < -0.39 is 0 Å². The van der Waals surface area contributed by atoms with Gasteiger partial charge < -0.3 is 4.74 Å². The zero-order valence-corrected chi connectivity index (χ0v) is 15.3. The second-order valence-corrected chi connectivity index (χ2v) is 6.43. The Bertz CT molecular complexity index is 551. The van der Waals surface area contributed by atoms with Crippen LogP contribution in [0.2, 0.25) is 0 Å². The maximum absolute atomic E-state index is 11.3. The molecule has 0 saturated heterocycles. The summed E-state index contributed by atoms with van der Waals surface area (Å²) in [6.45, 7) is 8.65. The minimum absolute atomic E-state index is 0.0142. The van der Waals surface area contributed by atoms with Crippen LogP contribution in [0.1, 0.15) is 63.0 Å². The first kappa shape index (κ1) is 20.9. The molecule has 3 heteroatoms. The molecule has 25 heavy (non-hydrogen) atoms. The molecule has 0 N–H and O–H groups in total. The number of carbonyl (C=O) groups is 2. The number of carbonyl (C=O) groups excluding carboxylic acids is 2. The van der Waals surface area contributed by atoms with Crippen LogP contribution in [0, 0.1) is 0 Å². The first-order chi connectivity index (χ1) is 12.0. The fourth-order valence-electron chi connectivity index (χ4n) is 2.81. The molecular formula is C22H30O3. The molecule has 1 fully saturated rings. The fraction of sp³-hybridized carbons (Fsp3) is 0.455. The fourth-order valence-corrected chi connectivity index (χ4v) is 2.81. The number of benzene rings is 1. The van der Waals surface area contributed by atoms with E-state index in [4.69, 9.17) is 4.74 Å². The first-order valence-electron chi connectivity index (χ1n) is 9.04. The highest BCUT2D eigenvalue weighted by atomic mass is 16.5. The van der Waals surface area contributed by atoms with Crippen molar-refractivity contribution in [3.63, 3.8) is 0 Å². The van der Waals surface area contributed by atoms with Crippen LogP contribution in [-0.4, -0.2) is 17.7 Å². The van der Waals surface area contributed by atoms with Crippen molar-refractivity contribution in [2.45, 2.75) is 64.4 Å². The number of ether oxygens (including phenoxy) is 1. The molecule has 1 saturated carbocycles. The standard InChI is InChI=1S/C14H16O2.C8H14O/c1-3-12-4-6-13(7-5-12)8-9-14(16)10-11(2)15;1-2-9-8-6-4-3-5-7-8/h3-7H,1,8-10H2,2H3;2,8H,1,3-7H2. The monoisotopic (exact) mass is 342 g/mol. The quantitative estimate of drug-likeness (QED) is 0.476. The van der Waals surface area contributed by atoms with Crippen LogP contribution in [0.15, 0.2) is 43.7 Å². The molecule has 0 heterocycles. The third-order valence-electron chi connectivity index (χ3n) is 4.19. The summed E-state index contributed by atoms with van der Waals surface area (Å²) in [5.74, 6) is -0.0488. The van der Waals surface area contributed by atoms with E-state index in [9.17, 15) is 9.59 Å². The van der Waals surface area contributed by atoms with Crippen LogP contribution < -0.4 is 0 Å². The lowest BCUT2D eigenvalue weighted by atomic mass is 9.98. The van der Waals surface area contributed by atoms with E-state index in [1.165, 1.54) is 39.0 Å². The predicted octanol–water partition coefficient (Wildman–Crippen LogP) is 5.29. The zero-order valence-electron chi connectivity index (χ0n) is 15.3. The number of hydrogen-bond donors (Lipinski definition) is 0. The van der Waals surface area contributed by atoms with E-state index in [2.05, 4.69) is 13.2 Å².